The third-order valence-corrected chi connectivity index (χ3v) is 3.74. The Hall–Kier alpha value is -2.01. The maximum atomic E-state index is 12.8. The van der Waals surface area contributed by atoms with Crippen LogP contribution in [0.4, 0.5) is 4.39 Å². The quantitative estimate of drug-likeness (QED) is 0.810. The molecule has 2 aromatic carbocycles. The maximum Gasteiger partial charge on any atom is 0.193 e. The lowest BCUT2D eigenvalue weighted by molar-refractivity contribution is 0.103. The molecule has 0 atom stereocenters. The zero-order valence-corrected chi connectivity index (χ0v) is 10.9. The Morgan fingerprint density at radius 2 is 1.63 bits per heavy atom. The van der Waals surface area contributed by atoms with Gasteiger partial charge in [0.15, 0.2) is 15.6 Å². The van der Waals surface area contributed by atoms with Gasteiger partial charge in [-0.25, -0.2) is 12.8 Å². The summed E-state index contributed by atoms with van der Waals surface area (Å²) in [5.74, 6) is -0.771. The minimum Gasteiger partial charge on any atom is -0.289 e. The highest BCUT2D eigenvalue weighted by molar-refractivity contribution is 7.90. The van der Waals surface area contributed by atoms with Crippen LogP contribution in [0.2, 0.25) is 0 Å². The largest absolute Gasteiger partial charge is 0.289 e. The summed E-state index contributed by atoms with van der Waals surface area (Å²) in [5.41, 5.74) is 0.571. The molecule has 0 amide bonds. The molecule has 2 aromatic rings. The molecule has 0 aromatic heterocycles. The molecule has 0 N–H and O–H groups in total. The van der Waals surface area contributed by atoms with E-state index in [0.717, 1.165) is 6.26 Å². The fraction of sp³-hybridized carbons (Fsp3) is 0.0714. The van der Waals surface area contributed by atoms with Crippen molar-refractivity contribution in [3.05, 3.63) is 65.5 Å². The minimum absolute atomic E-state index is 0.0838. The van der Waals surface area contributed by atoms with E-state index in [4.69, 9.17) is 0 Å². The molecule has 2 rings (SSSR count). The van der Waals surface area contributed by atoms with Crippen molar-refractivity contribution >= 4 is 15.6 Å². The molecule has 5 heteroatoms. The van der Waals surface area contributed by atoms with Crippen molar-refractivity contribution in [2.45, 2.75) is 4.90 Å². The lowest BCUT2D eigenvalue weighted by Crippen LogP contribution is -2.04. The highest BCUT2D eigenvalue weighted by Gasteiger charge is 2.13. The second-order valence-electron chi connectivity index (χ2n) is 4.14. The van der Waals surface area contributed by atoms with Gasteiger partial charge in [0.05, 0.1) is 4.90 Å². The summed E-state index contributed by atoms with van der Waals surface area (Å²) >= 11 is 0. The van der Waals surface area contributed by atoms with Gasteiger partial charge in [0.1, 0.15) is 5.82 Å². The van der Waals surface area contributed by atoms with Gasteiger partial charge in [-0.05, 0) is 36.4 Å². The molecular weight excluding hydrogens is 267 g/mol. The molecule has 0 aliphatic rings. The van der Waals surface area contributed by atoms with Crippen molar-refractivity contribution in [3.8, 4) is 0 Å². The molecule has 0 bridgehead atoms. The smallest absolute Gasteiger partial charge is 0.193 e. The number of benzene rings is 2. The number of hydrogen-bond donors (Lipinski definition) is 0. The molecule has 0 fully saturated rings. The van der Waals surface area contributed by atoms with Crippen molar-refractivity contribution in [1.29, 1.82) is 0 Å². The maximum absolute atomic E-state index is 12.8. The average molecular weight is 278 g/mol. The van der Waals surface area contributed by atoms with Crippen molar-refractivity contribution in [3.63, 3.8) is 0 Å². The molecule has 3 nitrogen and oxygen atoms in total. The predicted octanol–water partition coefficient (Wildman–Crippen LogP) is 2.46. The molecular formula is C14H11FO3S. The third-order valence-electron chi connectivity index (χ3n) is 2.63. The first-order chi connectivity index (χ1) is 8.88. The molecule has 0 aliphatic heterocycles. The van der Waals surface area contributed by atoms with E-state index in [-0.39, 0.29) is 16.2 Å². The summed E-state index contributed by atoms with van der Waals surface area (Å²) in [6, 6.07) is 10.9. The van der Waals surface area contributed by atoms with Gasteiger partial charge in [-0.2, -0.15) is 0 Å². The fourth-order valence-electron chi connectivity index (χ4n) is 1.64. The Kier molecular flexibility index (Phi) is 3.48. The van der Waals surface area contributed by atoms with Crippen molar-refractivity contribution in [1.82, 2.24) is 0 Å². The van der Waals surface area contributed by atoms with Crippen LogP contribution in [0, 0.1) is 5.82 Å². The Morgan fingerprint density at radius 1 is 1.00 bits per heavy atom. The number of sulfone groups is 1. The molecule has 0 radical (unpaired) electrons. The lowest BCUT2D eigenvalue weighted by atomic mass is 10.0. The Bertz CT molecular complexity index is 719. The number of rotatable bonds is 3. The number of halogens is 1. The Morgan fingerprint density at radius 3 is 2.21 bits per heavy atom. The van der Waals surface area contributed by atoms with E-state index in [1.807, 2.05) is 0 Å². The van der Waals surface area contributed by atoms with Gasteiger partial charge in [-0.3, -0.25) is 4.79 Å². The molecule has 19 heavy (non-hydrogen) atoms. The SMILES string of the molecule is CS(=O)(=O)c1cccc(C(=O)c2ccc(F)cc2)c1. The van der Waals surface area contributed by atoms with Gasteiger partial charge >= 0.3 is 0 Å². The summed E-state index contributed by atoms with van der Waals surface area (Å²) in [6.07, 6.45) is 1.08. The first-order valence-corrected chi connectivity index (χ1v) is 7.37. The van der Waals surface area contributed by atoms with E-state index in [9.17, 15) is 17.6 Å². The normalized spacial score (nSPS) is 11.3. The second kappa shape index (κ2) is 4.93. The van der Waals surface area contributed by atoms with Crippen LogP contribution < -0.4 is 0 Å². The van der Waals surface area contributed by atoms with Gasteiger partial charge in [-0.1, -0.05) is 12.1 Å². The van der Waals surface area contributed by atoms with Crippen LogP contribution in [0.3, 0.4) is 0 Å². The van der Waals surface area contributed by atoms with Crippen molar-refractivity contribution in [2.75, 3.05) is 6.26 Å². The number of hydrogen-bond acceptors (Lipinski definition) is 3. The van der Waals surface area contributed by atoms with Crippen molar-refractivity contribution in [2.24, 2.45) is 0 Å². The van der Waals surface area contributed by atoms with E-state index in [1.165, 1.54) is 48.5 Å². The highest BCUT2D eigenvalue weighted by atomic mass is 32.2. The zero-order chi connectivity index (χ0) is 14.0. The first-order valence-electron chi connectivity index (χ1n) is 5.48. The minimum atomic E-state index is -3.36. The van der Waals surface area contributed by atoms with E-state index in [1.54, 1.807) is 0 Å². The summed E-state index contributed by atoms with van der Waals surface area (Å²) in [4.78, 5) is 12.2. The van der Waals surface area contributed by atoms with Crippen LogP contribution in [0.1, 0.15) is 15.9 Å². The van der Waals surface area contributed by atoms with Crippen LogP contribution in [0.25, 0.3) is 0 Å². The highest BCUT2D eigenvalue weighted by Crippen LogP contribution is 2.15. The van der Waals surface area contributed by atoms with Crippen LogP contribution >= 0.6 is 0 Å². The Labute approximate surface area is 110 Å². The summed E-state index contributed by atoms with van der Waals surface area (Å²) in [7, 11) is -3.36. The first kappa shape index (κ1) is 13.4. The second-order valence-corrected chi connectivity index (χ2v) is 6.15. The van der Waals surface area contributed by atoms with E-state index in [2.05, 4.69) is 0 Å². The van der Waals surface area contributed by atoms with E-state index < -0.39 is 15.7 Å². The molecule has 0 saturated heterocycles. The topological polar surface area (TPSA) is 51.2 Å². The molecule has 0 heterocycles. The van der Waals surface area contributed by atoms with Crippen LogP contribution in [0.15, 0.2) is 53.4 Å². The van der Waals surface area contributed by atoms with Gasteiger partial charge < -0.3 is 0 Å². The van der Waals surface area contributed by atoms with Crippen molar-refractivity contribution < 1.29 is 17.6 Å². The third kappa shape index (κ3) is 3.06. The van der Waals surface area contributed by atoms with E-state index >= 15 is 0 Å². The van der Waals surface area contributed by atoms with Gasteiger partial charge in [-0.15, -0.1) is 0 Å². The predicted molar refractivity (Wildman–Crippen MR) is 69.4 cm³/mol. The van der Waals surface area contributed by atoms with Gasteiger partial charge in [0, 0.05) is 17.4 Å². The van der Waals surface area contributed by atoms with E-state index in [0.29, 0.717) is 5.56 Å². The monoisotopic (exact) mass is 278 g/mol. The lowest BCUT2D eigenvalue weighted by Gasteiger charge is -2.03. The van der Waals surface area contributed by atoms with Gasteiger partial charge in [0.2, 0.25) is 0 Å². The summed E-state index contributed by atoms with van der Waals surface area (Å²) in [5, 5.41) is 0. The standard InChI is InChI=1S/C14H11FO3S/c1-19(17,18)13-4-2-3-11(9-13)14(16)10-5-7-12(15)8-6-10/h2-9H,1H3. The molecule has 0 unspecified atom stereocenters. The van der Waals surface area contributed by atoms with Gasteiger partial charge in [0.25, 0.3) is 0 Å². The summed E-state index contributed by atoms with van der Waals surface area (Å²) in [6.45, 7) is 0. The molecule has 0 aliphatic carbocycles. The van der Waals surface area contributed by atoms with Crippen LogP contribution in [0.5, 0.6) is 0 Å². The average Bonchev–Trinajstić information content (AvgIpc) is 2.38. The van der Waals surface area contributed by atoms with Crippen LogP contribution in [-0.2, 0) is 9.84 Å². The molecule has 98 valence electrons. The number of carbonyl (C=O) groups excluding carboxylic acids is 1. The fourth-order valence-corrected chi connectivity index (χ4v) is 2.30. The number of carbonyl (C=O) groups is 1. The summed E-state index contributed by atoms with van der Waals surface area (Å²) < 4.78 is 35.6. The molecule has 0 saturated carbocycles. The Balaban J connectivity index is 2.42. The molecule has 0 spiro atoms. The number of ketones is 1. The zero-order valence-electron chi connectivity index (χ0n) is 10.1. The van der Waals surface area contributed by atoms with Crippen LogP contribution in [-0.4, -0.2) is 20.5 Å².